The van der Waals surface area contributed by atoms with Crippen molar-refractivity contribution in [2.24, 2.45) is 0 Å². The monoisotopic (exact) mass is 572 g/mol. The predicted octanol–water partition coefficient (Wildman–Crippen LogP) is 7.33. The van der Waals surface area contributed by atoms with Crippen molar-refractivity contribution in [3.05, 3.63) is 105 Å². The molecule has 0 N–H and O–H groups in total. The van der Waals surface area contributed by atoms with E-state index in [1.165, 1.54) is 33.7 Å². The lowest BCUT2D eigenvalue weighted by atomic mass is 10.1. The Morgan fingerprint density at radius 2 is 1.05 bits per heavy atom. The Morgan fingerprint density at radius 3 is 1.43 bits per heavy atom. The highest BCUT2D eigenvalue weighted by Gasteiger charge is 2.40. The number of morpholine rings is 2. The van der Waals surface area contributed by atoms with Crippen LogP contribution in [-0.2, 0) is 21.3 Å². The average molecular weight is 573 g/mol. The largest absolute Gasteiger partial charge is 0.378 e. The molecule has 2 aliphatic carbocycles. The molecule has 0 radical (unpaired) electrons. The van der Waals surface area contributed by atoms with Crippen LogP contribution in [-0.4, -0.2) is 68.6 Å². The average Bonchev–Trinajstić information content (AvgIpc) is 3.64. The third-order valence-electron chi connectivity index (χ3n) is 8.67. The van der Waals surface area contributed by atoms with E-state index in [9.17, 15) is 0 Å². The molecule has 0 unspecified atom stereocenters. The zero-order valence-corrected chi connectivity index (χ0v) is 25.4. The molecule has 2 aromatic rings. The van der Waals surface area contributed by atoms with Crippen molar-refractivity contribution in [2.45, 2.75) is 32.6 Å². The van der Waals surface area contributed by atoms with Crippen LogP contribution in [0.3, 0.4) is 0 Å². The van der Waals surface area contributed by atoms with Gasteiger partial charge in [0.1, 0.15) is 0 Å². The molecule has 0 bridgehead atoms. The van der Waals surface area contributed by atoms with Crippen molar-refractivity contribution >= 4 is 30.0 Å². The summed E-state index contributed by atoms with van der Waals surface area (Å²) in [5.74, 6) is 0. The van der Waals surface area contributed by atoms with Crippen LogP contribution in [0.4, 0.5) is 0 Å². The number of rotatable bonds is 7. The van der Waals surface area contributed by atoms with E-state index in [2.05, 4.69) is 89.5 Å². The van der Waals surface area contributed by atoms with Gasteiger partial charge in [0, 0.05) is 43.6 Å². The summed E-state index contributed by atoms with van der Waals surface area (Å²) in [6.07, 6.45) is 10.2. The zero-order valence-electron chi connectivity index (χ0n) is 23.7. The normalized spacial score (nSPS) is 22.7. The molecule has 2 heterocycles. The summed E-state index contributed by atoms with van der Waals surface area (Å²) in [4.78, 5) is 5.20. The van der Waals surface area contributed by atoms with Gasteiger partial charge in [-0.05, 0) is 76.9 Å². The summed E-state index contributed by atoms with van der Waals surface area (Å²) in [7, 11) is 0. The molecule has 4 aliphatic rings. The lowest BCUT2D eigenvalue weighted by Crippen LogP contribution is -2.36. The Kier molecular flexibility index (Phi) is 8.74. The molecule has 210 valence electrons. The van der Waals surface area contributed by atoms with Gasteiger partial charge in [-0.2, -0.15) is 0 Å². The molecule has 0 aromatic heterocycles. The van der Waals surface area contributed by atoms with Crippen LogP contribution < -0.4 is 0 Å². The summed E-state index contributed by atoms with van der Waals surface area (Å²) in [5.41, 5.74) is 8.36. The maximum absolute atomic E-state index is 6.98. The molecule has 2 aliphatic heterocycles. The highest BCUT2D eigenvalue weighted by atomic mass is 32.4. The molecule has 4 nitrogen and oxygen atoms in total. The minimum atomic E-state index is -1.98. The molecule has 2 fully saturated rings. The van der Waals surface area contributed by atoms with Crippen LogP contribution in [0.25, 0.3) is 12.2 Å². The second-order valence-corrected chi connectivity index (χ2v) is 16.1. The summed E-state index contributed by atoms with van der Waals surface area (Å²) < 4.78 is 11.6. The van der Waals surface area contributed by atoms with Gasteiger partial charge < -0.3 is 19.3 Å². The van der Waals surface area contributed by atoms with Crippen LogP contribution in [0.2, 0.25) is 0 Å². The Bertz CT molecular complexity index is 1270. The van der Waals surface area contributed by atoms with Crippen LogP contribution in [0.15, 0.2) is 93.8 Å². The Morgan fingerprint density at radius 1 is 0.650 bits per heavy atom. The molecular formula is C34H41N2O2PS. The smallest absolute Gasteiger partial charge is 0.0642 e. The minimum absolute atomic E-state index is 0.788. The molecule has 0 amide bonds. The number of benzene rings is 2. The Hall–Kier alpha value is -2.43. The number of hydrogen-bond donors (Lipinski definition) is 0. The van der Waals surface area contributed by atoms with E-state index in [4.69, 9.17) is 21.3 Å². The second kappa shape index (κ2) is 12.6. The summed E-state index contributed by atoms with van der Waals surface area (Å²) in [6.45, 7) is 9.28. The molecular weight excluding hydrogens is 531 g/mol. The van der Waals surface area contributed by atoms with Gasteiger partial charge in [-0.3, -0.25) is 0 Å². The molecule has 2 saturated heterocycles. The van der Waals surface area contributed by atoms with Crippen LogP contribution in [0, 0.1) is 0 Å². The maximum Gasteiger partial charge on any atom is 0.0642 e. The molecule has 0 saturated carbocycles. The quantitative estimate of drug-likeness (QED) is 0.324. The second-order valence-electron chi connectivity index (χ2n) is 11.0. The molecule has 40 heavy (non-hydrogen) atoms. The van der Waals surface area contributed by atoms with Crippen LogP contribution in [0.1, 0.15) is 43.7 Å². The van der Waals surface area contributed by atoms with Crippen molar-refractivity contribution in [3.63, 3.8) is 0 Å². The number of allylic oxidation sites excluding steroid dienone is 4. The van der Waals surface area contributed by atoms with E-state index < -0.39 is 6.04 Å². The van der Waals surface area contributed by atoms with Gasteiger partial charge in [-0.25, -0.2) is 0 Å². The lowest BCUT2D eigenvalue weighted by molar-refractivity contribution is 0.0548. The van der Waals surface area contributed by atoms with Crippen LogP contribution >= 0.6 is 6.04 Å². The van der Waals surface area contributed by atoms with Gasteiger partial charge in [0.15, 0.2) is 0 Å². The van der Waals surface area contributed by atoms with E-state index in [1.807, 2.05) is 0 Å². The topological polar surface area (TPSA) is 24.9 Å². The fourth-order valence-electron chi connectivity index (χ4n) is 6.73. The van der Waals surface area contributed by atoms with Gasteiger partial charge >= 0.3 is 0 Å². The molecule has 2 aromatic carbocycles. The standard InChI is InChI=1S/C34H41N2O2PS/c1-2-39(40,31-15-13-29(25-27-9-5-3-6-10-27)33(31)35-17-21-37-22-18-35)32-16-14-30(26-28-11-7-4-8-12-28)34(32)36-19-23-38-24-20-36/h3-12,25-26H,2,13-24H2,1H3/b29-25-,30-26-. The van der Waals surface area contributed by atoms with Gasteiger partial charge in [0.05, 0.1) is 26.4 Å². The first-order chi connectivity index (χ1) is 19.7. The minimum Gasteiger partial charge on any atom is -0.378 e. The first-order valence-corrected chi connectivity index (χ1v) is 17.9. The number of ether oxygens (including phenoxy) is 2. The summed E-state index contributed by atoms with van der Waals surface area (Å²) in [5, 5.41) is 3.13. The van der Waals surface area contributed by atoms with E-state index in [0.29, 0.717) is 0 Å². The van der Waals surface area contributed by atoms with Crippen molar-refractivity contribution < 1.29 is 9.47 Å². The van der Waals surface area contributed by atoms with Gasteiger partial charge in [0.2, 0.25) is 0 Å². The van der Waals surface area contributed by atoms with Crippen molar-refractivity contribution in [3.8, 4) is 0 Å². The third-order valence-corrected chi connectivity index (χ3v) is 14.3. The third kappa shape index (κ3) is 5.67. The predicted molar refractivity (Wildman–Crippen MR) is 171 cm³/mol. The van der Waals surface area contributed by atoms with E-state index >= 15 is 0 Å². The Balaban J connectivity index is 1.50. The zero-order chi connectivity index (χ0) is 27.4. The summed E-state index contributed by atoms with van der Waals surface area (Å²) in [6, 6.07) is 19.6. The molecule has 6 heteroatoms. The number of hydrogen-bond acceptors (Lipinski definition) is 5. The van der Waals surface area contributed by atoms with Crippen molar-refractivity contribution in [1.82, 2.24) is 9.80 Å². The number of nitrogens with zero attached hydrogens (tertiary/aromatic N) is 2. The molecule has 6 rings (SSSR count). The van der Waals surface area contributed by atoms with Crippen LogP contribution in [0.5, 0.6) is 0 Å². The van der Waals surface area contributed by atoms with Gasteiger partial charge in [-0.1, -0.05) is 79.4 Å². The molecule has 0 spiro atoms. The van der Waals surface area contributed by atoms with E-state index in [1.54, 1.807) is 10.6 Å². The van der Waals surface area contributed by atoms with Gasteiger partial charge in [0.25, 0.3) is 0 Å². The SMILES string of the molecule is CCP(=S)(C1=C(N2CCOCC2)/C(=C\c2ccccc2)CC1)C1=C(N2CCOCC2)/C(=C\c2ccccc2)CC1. The summed E-state index contributed by atoms with van der Waals surface area (Å²) >= 11 is 6.98. The van der Waals surface area contributed by atoms with Gasteiger partial charge in [-0.15, -0.1) is 0 Å². The lowest BCUT2D eigenvalue weighted by Gasteiger charge is -2.36. The first-order valence-electron chi connectivity index (χ1n) is 14.9. The fraction of sp³-hybridized carbons (Fsp3) is 0.412. The highest BCUT2D eigenvalue weighted by Crippen LogP contribution is 2.70. The van der Waals surface area contributed by atoms with E-state index in [-0.39, 0.29) is 0 Å². The molecule has 0 atom stereocenters. The maximum atomic E-state index is 6.98. The van der Waals surface area contributed by atoms with E-state index in [0.717, 1.165) is 84.5 Å². The highest BCUT2D eigenvalue weighted by molar-refractivity contribution is 8.18. The Labute approximate surface area is 245 Å². The fourth-order valence-corrected chi connectivity index (χ4v) is 11.1. The van der Waals surface area contributed by atoms with Crippen molar-refractivity contribution in [2.75, 3.05) is 58.8 Å². The first kappa shape index (κ1) is 27.7. The van der Waals surface area contributed by atoms with Crippen molar-refractivity contribution in [1.29, 1.82) is 0 Å².